The maximum atomic E-state index is 12.1. The molecule has 1 atom stereocenters. The second-order valence-corrected chi connectivity index (χ2v) is 5.29. The lowest BCUT2D eigenvalue weighted by atomic mass is 10.1. The fraction of sp³-hybridized carbons (Fsp3) is 0.158. The summed E-state index contributed by atoms with van der Waals surface area (Å²) in [5, 5.41) is 0. The Morgan fingerprint density at radius 3 is 2.21 bits per heavy atom. The van der Waals surface area contributed by atoms with Crippen LogP contribution in [0.3, 0.4) is 0 Å². The van der Waals surface area contributed by atoms with Gasteiger partial charge in [-0.15, -0.1) is 0 Å². The highest BCUT2D eigenvalue weighted by atomic mass is 16.6. The first kappa shape index (κ1) is 16.0. The SMILES string of the molecule is C=Cc1ccc(C(=O)Oc2ccc(C(=O)OCC3CO3)cc2)cc1. The molecule has 1 aliphatic heterocycles. The lowest BCUT2D eigenvalue weighted by Gasteiger charge is -2.06. The maximum absolute atomic E-state index is 12.1. The van der Waals surface area contributed by atoms with Gasteiger partial charge in [-0.3, -0.25) is 0 Å². The quantitative estimate of drug-likeness (QED) is 0.464. The molecule has 0 spiro atoms. The summed E-state index contributed by atoms with van der Waals surface area (Å²) in [7, 11) is 0. The van der Waals surface area contributed by atoms with E-state index in [0.717, 1.165) is 5.56 Å². The lowest BCUT2D eigenvalue weighted by molar-refractivity contribution is 0.0476. The molecular formula is C19H16O5. The van der Waals surface area contributed by atoms with Crippen LogP contribution in [0, 0.1) is 0 Å². The van der Waals surface area contributed by atoms with E-state index in [1.807, 2.05) is 0 Å². The molecule has 2 aromatic rings. The third-order valence-electron chi connectivity index (χ3n) is 3.49. The Hall–Kier alpha value is -2.92. The summed E-state index contributed by atoms with van der Waals surface area (Å²) < 4.78 is 15.3. The Bertz CT molecular complexity index is 742. The zero-order valence-electron chi connectivity index (χ0n) is 12.9. The van der Waals surface area contributed by atoms with Crippen LogP contribution < -0.4 is 4.74 Å². The fourth-order valence-electron chi connectivity index (χ4n) is 2.00. The minimum atomic E-state index is -0.466. The highest BCUT2D eigenvalue weighted by Crippen LogP contribution is 2.16. The van der Waals surface area contributed by atoms with Gasteiger partial charge in [0.1, 0.15) is 18.5 Å². The van der Waals surface area contributed by atoms with E-state index in [0.29, 0.717) is 23.5 Å². The second-order valence-electron chi connectivity index (χ2n) is 5.29. The molecule has 0 radical (unpaired) electrons. The number of epoxide rings is 1. The number of hydrogen-bond donors (Lipinski definition) is 0. The van der Waals surface area contributed by atoms with Gasteiger partial charge in [0, 0.05) is 0 Å². The third-order valence-corrected chi connectivity index (χ3v) is 3.49. The Balaban J connectivity index is 1.59. The smallest absolute Gasteiger partial charge is 0.343 e. The van der Waals surface area contributed by atoms with Gasteiger partial charge in [-0.05, 0) is 42.0 Å². The molecule has 0 aliphatic carbocycles. The average molecular weight is 324 g/mol. The molecule has 0 bridgehead atoms. The van der Waals surface area contributed by atoms with Gasteiger partial charge < -0.3 is 14.2 Å². The van der Waals surface area contributed by atoms with Crippen LogP contribution in [0.2, 0.25) is 0 Å². The zero-order chi connectivity index (χ0) is 16.9. The van der Waals surface area contributed by atoms with Crippen molar-refractivity contribution in [3.8, 4) is 5.75 Å². The van der Waals surface area contributed by atoms with Crippen LogP contribution in [-0.4, -0.2) is 31.3 Å². The van der Waals surface area contributed by atoms with Gasteiger partial charge in [-0.1, -0.05) is 24.8 Å². The number of esters is 2. The van der Waals surface area contributed by atoms with Crippen molar-refractivity contribution in [3.05, 3.63) is 71.8 Å². The molecule has 1 fully saturated rings. The highest BCUT2D eigenvalue weighted by molar-refractivity contribution is 5.92. The van der Waals surface area contributed by atoms with E-state index < -0.39 is 11.9 Å². The summed E-state index contributed by atoms with van der Waals surface area (Å²) in [4.78, 5) is 23.9. The Morgan fingerprint density at radius 2 is 1.62 bits per heavy atom. The van der Waals surface area contributed by atoms with Crippen molar-refractivity contribution in [2.75, 3.05) is 13.2 Å². The summed E-state index contributed by atoms with van der Waals surface area (Å²) in [6.07, 6.45) is 1.73. The van der Waals surface area contributed by atoms with E-state index in [4.69, 9.17) is 14.2 Å². The van der Waals surface area contributed by atoms with Gasteiger partial charge in [0.25, 0.3) is 0 Å². The molecule has 0 N–H and O–H groups in total. The maximum Gasteiger partial charge on any atom is 0.343 e. The average Bonchev–Trinajstić information content (AvgIpc) is 3.45. The molecule has 2 aromatic carbocycles. The molecule has 5 nitrogen and oxygen atoms in total. The largest absolute Gasteiger partial charge is 0.459 e. The highest BCUT2D eigenvalue weighted by Gasteiger charge is 2.24. The number of carbonyl (C=O) groups is 2. The van der Waals surface area contributed by atoms with Crippen molar-refractivity contribution >= 4 is 18.0 Å². The first-order valence-electron chi connectivity index (χ1n) is 7.49. The molecular weight excluding hydrogens is 308 g/mol. The Morgan fingerprint density at radius 1 is 1.04 bits per heavy atom. The summed E-state index contributed by atoms with van der Waals surface area (Å²) in [6.45, 7) is 4.56. The van der Waals surface area contributed by atoms with Crippen LogP contribution in [0.25, 0.3) is 6.08 Å². The van der Waals surface area contributed by atoms with E-state index in [-0.39, 0.29) is 12.7 Å². The topological polar surface area (TPSA) is 65.1 Å². The van der Waals surface area contributed by atoms with Gasteiger partial charge in [0.15, 0.2) is 0 Å². The normalized spacial score (nSPS) is 15.4. The summed E-state index contributed by atoms with van der Waals surface area (Å²) in [5.74, 6) is -0.537. The standard InChI is InChI=1S/C19H16O5/c1-2-13-3-5-15(6-4-13)19(21)24-16-9-7-14(8-10-16)18(20)23-12-17-11-22-17/h2-10,17H,1,11-12H2. The van der Waals surface area contributed by atoms with E-state index in [2.05, 4.69) is 6.58 Å². The van der Waals surface area contributed by atoms with Crippen LogP contribution in [0.4, 0.5) is 0 Å². The Kier molecular flexibility index (Phi) is 4.72. The molecule has 1 aliphatic rings. The molecule has 0 saturated carbocycles. The minimum absolute atomic E-state index is 0.0293. The molecule has 1 saturated heterocycles. The van der Waals surface area contributed by atoms with Crippen molar-refractivity contribution in [1.82, 2.24) is 0 Å². The monoisotopic (exact) mass is 324 g/mol. The van der Waals surface area contributed by atoms with Crippen LogP contribution in [0.1, 0.15) is 26.3 Å². The fourth-order valence-corrected chi connectivity index (χ4v) is 2.00. The van der Waals surface area contributed by atoms with Crippen molar-refractivity contribution in [2.45, 2.75) is 6.10 Å². The number of ether oxygens (including phenoxy) is 3. The molecule has 3 rings (SSSR count). The third kappa shape index (κ3) is 4.08. The molecule has 1 unspecified atom stereocenters. The molecule has 0 amide bonds. The van der Waals surface area contributed by atoms with Crippen molar-refractivity contribution in [2.24, 2.45) is 0 Å². The van der Waals surface area contributed by atoms with E-state index in [9.17, 15) is 9.59 Å². The van der Waals surface area contributed by atoms with Crippen molar-refractivity contribution in [1.29, 1.82) is 0 Å². The predicted octanol–water partition coefficient (Wildman–Crippen LogP) is 3.10. The minimum Gasteiger partial charge on any atom is -0.459 e. The summed E-state index contributed by atoms with van der Waals surface area (Å²) in [5.41, 5.74) is 1.75. The van der Waals surface area contributed by atoms with E-state index in [1.54, 1.807) is 54.6 Å². The van der Waals surface area contributed by atoms with Gasteiger partial charge in [0.05, 0.1) is 17.7 Å². The van der Waals surface area contributed by atoms with Crippen LogP contribution in [0.5, 0.6) is 5.75 Å². The van der Waals surface area contributed by atoms with Gasteiger partial charge in [-0.2, -0.15) is 0 Å². The molecule has 24 heavy (non-hydrogen) atoms. The van der Waals surface area contributed by atoms with Crippen LogP contribution in [0.15, 0.2) is 55.1 Å². The Labute approximate surface area is 139 Å². The molecule has 1 heterocycles. The number of hydrogen-bond acceptors (Lipinski definition) is 5. The number of rotatable bonds is 6. The van der Waals surface area contributed by atoms with Crippen LogP contribution in [-0.2, 0) is 9.47 Å². The summed E-state index contributed by atoms with van der Waals surface area (Å²) in [6, 6.07) is 13.1. The molecule has 0 aromatic heterocycles. The molecule has 122 valence electrons. The number of benzene rings is 2. The van der Waals surface area contributed by atoms with Crippen LogP contribution >= 0.6 is 0 Å². The van der Waals surface area contributed by atoms with Crippen molar-refractivity contribution in [3.63, 3.8) is 0 Å². The zero-order valence-corrected chi connectivity index (χ0v) is 12.9. The van der Waals surface area contributed by atoms with E-state index >= 15 is 0 Å². The van der Waals surface area contributed by atoms with E-state index in [1.165, 1.54) is 0 Å². The predicted molar refractivity (Wildman–Crippen MR) is 88.0 cm³/mol. The van der Waals surface area contributed by atoms with Gasteiger partial charge >= 0.3 is 11.9 Å². The lowest BCUT2D eigenvalue weighted by Crippen LogP contribution is -2.11. The van der Waals surface area contributed by atoms with Gasteiger partial charge in [0.2, 0.25) is 0 Å². The molecule has 5 heteroatoms. The first-order valence-corrected chi connectivity index (χ1v) is 7.49. The summed E-state index contributed by atoms with van der Waals surface area (Å²) >= 11 is 0. The first-order chi connectivity index (χ1) is 11.7. The number of carbonyl (C=O) groups excluding carboxylic acids is 2. The van der Waals surface area contributed by atoms with Crippen molar-refractivity contribution < 1.29 is 23.8 Å². The second kappa shape index (κ2) is 7.10. The van der Waals surface area contributed by atoms with Gasteiger partial charge in [-0.25, -0.2) is 9.59 Å².